The lowest BCUT2D eigenvalue weighted by molar-refractivity contribution is -0.159. The Labute approximate surface area is 190 Å². The highest BCUT2D eigenvalue weighted by Gasteiger charge is 2.44. The van der Waals surface area contributed by atoms with Gasteiger partial charge in [0.05, 0.1) is 23.5 Å². The van der Waals surface area contributed by atoms with Crippen LogP contribution in [0.2, 0.25) is 0 Å². The molecule has 1 heterocycles. The monoisotopic (exact) mass is 466 g/mol. The molecule has 1 saturated heterocycles. The first-order chi connectivity index (χ1) is 15.0. The third-order valence-corrected chi connectivity index (χ3v) is 7.78. The Kier molecular flexibility index (Phi) is 7.62. The van der Waals surface area contributed by atoms with Crippen molar-refractivity contribution in [2.45, 2.75) is 69.9 Å². The number of amides is 1. The lowest BCUT2D eigenvalue weighted by atomic mass is 9.82. The minimum atomic E-state index is -3.62. The van der Waals surface area contributed by atoms with E-state index in [1.807, 2.05) is 20.8 Å². The molecule has 3 rings (SSSR count). The molecule has 1 amide bonds. The van der Waals surface area contributed by atoms with Crippen LogP contribution in [0, 0.1) is 5.41 Å². The SMILES string of the molecule is CC(C)(C)NC(=O)CC1(C(=O)OCc2cccc(S(=O)(=O)N3CCOCC3)c2)CCCC1. The number of sulfonamides is 1. The van der Waals surface area contributed by atoms with Crippen LogP contribution in [0.25, 0.3) is 0 Å². The van der Waals surface area contributed by atoms with Crippen LogP contribution in [0.3, 0.4) is 0 Å². The number of hydrogen-bond donors (Lipinski definition) is 1. The molecular weight excluding hydrogens is 432 g/mol. The molecule has 1 aliphatic heterocycles. The van der Waals surface area contributed by atoms with E-state index >= 15 is 0 Å². The van der Waals surface area contributed by atoms with Gasteiger partial charge in [-0.1, -0.05) is 25.0 Å². The Hall–Kier alpha value is -1.97. The molecule has 0 bridgehead atoms. The fourth-order valence-electron chi connectivity index (χ4n) is 4.31. The Morgan fingerprint density at radius 1 is 1.16 bits per heavy atom. The van der Waals surface area contributed by atoms with Gasteiger partial charge in [0.15, 0.2) is 0 Å². The summed E-state index contributed by atoms with van der Waals surface area (Å²) in [6, 6.07) is 6.48. The number of esters is 1. The minimum Gasteiger partial charge on any atom is -0.460 e. The van der Waals surface area contributed by atoms with Gasteiger partial charge in [-0.15, -0.1) is 0 Å². The van der Waals surface area contributed by atoms with Gasteiger partial charge >= 0.3 is 5.97 Å². The first-order valence-corrected chi connectivity index (χ1v) is 12.6. The van der Waals surface area contributed by atoms with Crippen LogP contribution < -0.4 is 5.32 Å². The highest BCUT2D eigenvalue weighted by molar-refractivity contribution is 7.89. The van der Waals surface area contributed by atoms with Crippen molar-refractivity contribution in [1.29, 1.82) is 0 Å². The molecule has 0 spiro atoms. The topological polar surface area (TPSA) is 102 Å². The zero-order valence-electron chi connectivity index (χ0n) is 19.2. The van der Waals surface area contributed by atoms with Gasteiger partial charge in [0.1, 0.15) is 6.61 Å². The van der Waals surface area contributed by atoms with Gasteiger partial charge in [0.25, 0.3) is 0 Å². The highest BCUT2D eigenvalue weighted by Crippen LogP contribution is 2.42. The van der Waals surface area contributed by atoms with E-state index < -0.39 is 15.4 Å². The van der Waals surface area contributed by atoms with Crippen molar-refractivity contribution >= 4 is 21.9 Å². The molecule has 0 unspecified atom stereocenters. The van der Waals surface area contributed by atoms with E-state index in [2.05, 4.69) is 5.32 Å². The zero-order chi connectivity index (χ0) is 23.4. The summed E-state index contributed by atoms with van der Waals surface area (Å²) < 4.78 is 38.0. The summed E-state index contributed by atoms with van der Waals surface area (Å²) in [5.74, 6) is -0.546. The van der Waals surface area contributed by atoms with E-state index in [-0.39, 0.29) is 35.3 Å². The van der Waals surface area contributed by atoms with E-state index in [0.29, 0.717) is 44.7 Å². The van der Waals surface area contributed by atoms with E-state index in [9.17, 15) is 18.0 Å². The van der Waals surface area contributed by atoms with Gasteiger partial charge in [0.2, 0.25) is 15.9 Å². The minimum absolute atomic E-state index is 0.0338. The summed E-state index contributed by atoms with van der Waals surface area (Å²) in [5.41, 5.74) is -0.583. The van der Waals surface area contributed by atoms with Crippen molar-refractivity contribution in [1.82, 2.24) is 9.62 Å². The zero-order valence-corrected chi connectivity index (χ0v) is 20.0. The number of ether oxygens (including phenoxy) is 2. The Morgan fingerprint density at radius 3 is 2.44 bits per heavy atom. The van der Waals surface area contributed by atoms with E-state index in [4.69, 9.17) is 9.47 Å². The van der Waals surface area contributed by atoms with Crippen LogP contribution in [0.15, 0.2) is 29.2 Å². The van der Waals surface area contributed by atoms with Gasteiger partial charge in [-0.2, -0.15) is 4.31 Å². The molecule has 1 aromatic rings. The molecular formula is C23H34N2O6S. The second-order valence-corrected chi connectivity index (χ2v) is 11.6. The number of carbonyl (C=O) groups excluding carboxylic acids is 2. The molecule has 1 aromatic carbocycles. The molecule has 0 aromatic heterocycles. The third kappa shape index (κ3) is 6.08. The summed E-state index contributed by atoms with van der Waals surface area (Å²) in [4.78, 5) is 25.7. The molecule has 0 radical (unpaired) electrons. The maximum atomic E-state index is 13.0. The predicted octanol–water partition coefficient (Wildman–Crippen LogP) is 2.62. The number of carbonyl (C=O) groups is 2. The largest absolute Gasteiger partial charge is 0.460 e. The normalized spacial score (nSPS) is 19.5. The predicted molar refractivity (Wildman–Crippen MR) is 119 cm³/mol. The van der Waals surface area contributed by atoms with Gasteiger partial charge in [-0.05, 0) is 51.3 Å². The number of nitrogens with one attached hydrogen (secondary N) is 1. The van der Waals surface area contributed by atoms with Crippen molar-refractivity contribution in [3.8, 4) is 0 Å². The summed E-state index contributed by atoms with van der Waals surface area (Å²) in [5, 5.41) is 2.93. The number of hydrogen-bond acceptors (Lipinski definition) is 6. The van der Waals surface area contributed by atoms with Crippen molar-refractivity contribution in [3.63, 3.8) is 0 Å². The number of nitrogens with zero attached hydrogens (tertiary/aromatic N) is 1. The van der Waals surface area contributed by atoms with Gasteiger partial charge in [0, 0.05) is 25.0 Å². The lowest BCUT2D eigenvalue weighted by Gasteiger charge is -2.28. The standard InChI is InChI=1S/C23H34N2O6S/c1-22(2,3)24-20(26)16-23(9-4-5-10-23)21(27)31-17-18-7-6-8-19(15-18)32(28,29)25-11-13-30-14-12-25/h6-8,15H,4-5,9-14,16-17H2,1-3H3,(H,24,26). The van der Waals surface area contributed by atoms with Crippen LogP contribution in [0.5, 0.6) is 0 Å². The van der Waals surface area contributed by atoms with Gasteiger partial charge in [-0.3, -0.25) is 9.59 Å². The average molecular weight is 467 g/mol. The van der Waals surface area contributed by atoms with E-state index in [1.165, 1.54) is 4.31 Å². The van der Waals surface area contributed by atoms with Crippen molar-refractivity contribution in [2.24, 2.45) is 5.41 Å². The Bertz CT molecular complexity index is 926. The first kappa shape index (κ1) is 24.7. The second kappa shape index (κ2) is 9.89. The fraction of sp³-hybridized carbons (Fsp3) is 0.652. The summed E-state index contributed by atoms with van der Waals surface area (Å²) in [6.45, 7) is 7.08. The Morgan fingerprint density at radius 2 is 1.81 bits per heavy atom. The Balaban J connectivity index is 1.67. The van der Waals surface area contributed by atoms with Crippen molar-refractivity contribution in [3.05, 3.63) is 29.8 Å². The summed E-state index contributed by atoms with van der Waals surface area (Å²) in [6.07, 6.45) is 3.11. The highest BCUT2D eigenvalue weighted by atomic mass is 32.2. The summed E-state index contributed by atoms with van der Waals surface area (Å²) >= 11 is 0. The molecule has 8 nitrogen and oxygen atoms in total. The van der Waals surface area contributed by atoms with E-state index in [1.54, 1.807) is 24.3 Å². The van der Waals surface area contributed by atoms with Crippen molar-refractivity contribution in [2.75, 3.05) is 26.3 Å². The van der Waals surface area contributed by atoms with Gasteiger partial charge < -0.3 is 14.8 Å². The lowest BCUT2D eigenvalue weighted by Crippen LogP contribution is -2.44. The molecule has 1 N–H and O–H groups in total. The van der Waals surface area contributed by atoms with Crippen LogP contribution >= 0.6 is 0 Å². The smallest absolute Gasteiger partial charge is 0.312 e. The number of benzene rings is 1. The van der Waals surface area contributed by atoms with Crippen LogP contribution in [-0.2, 0) is 35.7 Å². The van der Waals surface area contributed by atoms with E-state index in [0.717, 1.165) is 12.8 Å². The fourth-order valence-corrected chi connectivity index (χ4v) is 5.79. The van der Waals surface area contributed by atoms with Crippen LogP contribution in [0.1, 0.15) is 58.4 Å². The molecule has 9 heteroatoms. The average Bonchev–Trinajstić information content (AvgIpc) is 3.21. The molecule has 1 saturated carbocycles. The molecule has 178 valence electrons. The van der Waals surface area contributed by atoms with Crippen molar-refractivity contribution < 1.29 is 27.5 Å². The van der Waals surface area contributed by atoms with Crippen LogP contribution in [-0.4, -0.2) is 56.4 Å². The third-order valence-electron chi connectivity index (χ3n) is 5.88. The molecule has 1 aliphatic carbocycles. The molecule has 2 fully saturated rings. The molecule has 2 aliphatic rings. The maximum Gasteiger partial charge on any atom is 0.312 e. The van der Waals surface area contributed by atoms with Crippen LogP contribution in [0.4, 0.5) is 0 Å². The number of rotatable bonds is 7. The maximum absolute atomic E-state index is 13.0. The van der Waals surface area contributed by atoms with Gasteiger partial charge in [-0.25, -0.2) is 8.42 Å². The quantitative estimate of drug-likeness (QED) is 0.620. The summed E-state index contributed by atoms with van der Waals surface area (Å²) in [7, 11) is -3.62. The molecule has 32 heavy (non-hydrogen) atoms. The molecule has 0 atom stereocenters. The number of morpholine rings is 1. The second-order valence-electron chi connectivity index (χ2n) is 9.70. The first-order valence-electron chi connectivity index (χ1n) is 11.2.